The predicted molar refractivity (Wildman–Crippen MR) is 114 cm³/mol. The molecule has 29 heavy (non-hydrogen) atoms. The van der Waals surface area contributed by atoms with E-state index in [1.165, 1.54) is 23.2 Å². The fraction of sp³-hybridized carbons (Fsp3) is 0.318. The van der Waals surface area contributed by atoms with E-state index < -0.39 is 0 Å². The highest BCUT2D eigenvalue weighted by Gasteiger charge is 2.24. The second-order valence-corrected chi connectivity index (χ2v) is 8.18. The lowest BCUT2D eigenvalue weighted by molar-refractivity contribution is -0.906. The second kappa shape index (κ2) is 8.82. The monoisotopic (exact) mass is 410 g/mol. The molecule has 1 aliphatic heterocycles. The minimum Gasteiger partial charge on any atom is -0.370 e. The van der Waals surface area contributed by atoms with Gasteiger partial charge >= 0.3 is 0 Å². The first-order valence-corrected chi connectivity index (χ1v) is 10.6. The second-order valence-electron chi connectivity index (χ2n) is 7.17. The van der Waals surface area contributed by atoms with Crippen LogP contribution in [0.4, 0.5) is 5.13 Å². The van der Waals surface area contributed by atoms with Crippen LogP contribution in [0.2, 0.25) is 0 Å². The van der Waals surface area contributed by atoms with Crippen molar-refractivity contribution in [3.63, 3.8) is 0 Å². The van der Waals surface area contributed by atoms with Crippen LogP contribution in [-0.2, 0) is 4.74 Å². The Morgan fingerprint density at radius 1 is 1.07 bits per heavy atom. The van der Waals surface area contributed by atoms with Gasteiger partial charge in [0, 0.05) is 11.1 Å². The zero-order valence-electron chi connectivity index (χ0n) is 16.4. The average Bonchev–Trinajstić information content (AvgIpc) is 3.18. The van der Waals surface area contributed by atoms with Crippen LogP contribution < -0.4 is 9.80 Å². The lowest BCUT2D eigenvalue weighted by Crippen LogP contribution is -3.14. The molecule has 0 saturated carbocycles. The van der Waals surface area contributed by atoms with Gasteiger partial charge in [0.25, 0.3) is 5.91 Å². The summed E-state index contributed by atoms with van der Waals surface area (Å²) >= 11 is 1.53. The van der Waals surface area contributed by atoms with Crippen molar-refractivity contribution in [1.82, 2.24) is 4.98 Å². The van der Waals surface area contributed by atoms with E-state index in [2.05, 4.69) is 0 Å². The van der Waals surface area contributed by atoms with Gasteiger partial charge in [0.15, 0.2) is 10.9 Å². The molecular formula is C22H24N3O3S+. The van der Waals surface area contributed by atoms with Gasteiger partial charge < -0.3 is 9.64 Å². The van der Waals surface area contributed by atoms with Gasteiger partial charge in [-0.05, 0) is 31.2 Å². The van der Waals surface area contributed by atoms with Gasteiger partial charge in [-0.1, -0.05) is 35.6 Å². The van der Waals surface area contributed by atoms with Gasteiger partial charge in [0.2, 0.25) is 0 Å². The first kappa shape index (κ1) is 19.7. The van der Waals surface area contributed by atoms with Crippen LogP contribution in [0.15, 0.2) is 48.5 Å². The van der Waals surface area contributed by atoms with Crippen molar-refractivity contribution in [2.24, 2.45) is 0 Å². The molecule has 0 spiro atoms. The van der Waals surface area contributed by atoms with E-state index in [0.29, 0.717) is 22.8 Å². The number of morpholine rings is 1. The number of rotatable bonds is 6. The van der Waals surface area contributed by atoms with Crippen LogP contribution in [-0.4, -0.2) is 56.1 Å². The quantitative estimate of drug-likeness (QED) is 0.632. The number of nitrogens with one attached hydrogen (secondary N) is 1. The minimum atomic E-state index is -0.0909. The minimum absolute atomic E-state index is 0.0112. The highest BCUT2D eigenvalue weighted by Crippen LogP contribution is 2.29. The molecule has 7 heteroatoms. The zero-order chi connectivity index (χ0) is 20.2. The summed E-state index contributed by atoms with van der Waals surface area (Å²) in [7, 11) is 0. The third-order valence-corrected chi connectivity index (χ3v) is 6.25. The molecule has 1 fully saturated rings. The summed E-state index contributed by atoms with van der Waals surface area (Å²) in [6, 6.07) is 14.8. The number of ketones is 1. The molecule has 1 saturated heterocycles. The first-order chi connectivity index (χ1) is 14.1. The summed E-state index contributed by atoms with van der Waals surface area (Å²) in [4.78, 5) is 32.8. The zero-order valence-corrected chi connectivity index (χ0v) is 17.2. The smallest absolute Gasteiger partial charge is 0.260 e. The fourth-order valence-electron chi connectivity index (χ4n) is 3.44. The number of benzene rings is 2. The average molecular weight is 411 g/mol. The topological polar surface area (TPSA) is 63.9 Å². The molecule has 1 amide bonds. The van der Waals surface area contributed by atoms with Gasteiger partial charge in [0.1, 0.15) is 13.1 Å². The maximum atomic E-state index is 13.3. The van der Waals surface area contributed by atoms with Gasteiger partial charge in [-0.2, -0.15) is 0 Å². The Labute approximate surface area is 173 Å². The van der Waals surface area contributed by atoms with E-state index in [1.807, 2.05) is 24.3 Å². The molecule has 1 aromatic heterocycles. The number of anilines is 1. The van der Waals surface area contributed by atoms with Crippen LogP contribution in [0.5, 0.6) is 0 Å². The van der Waals surface area contributed by atoms with Gasteiger partial charge in [-0.3, -0.25) is 14.5 Å². The van der Waals surface area contributed by atoms with Crippen LogP contribution in [0.1, 0.15) is 27.6 Å². The number of carbonyl (C=O) groups excluding carboxylic acids is 2. The molecule has 2 aromatic carbocycles. The summed E-state index contributed by atoms with van der Waals surface area (Å²) < 4.78 is 6.50. The van der Waals surface area contributed by atoms with E-state index in [4.69, 9.17) is 9.72 Å². The number of hydrogen-bond donors (Lipinski definition) is 1. The molecule has 1 aliphatic rings. The van der Waals surface area contributed by atoms with Crippen molar-refractivity contribution in [1.29, 1.82) is 0 Å². The summed E-state index contributed by atoms with van der Waals surface area (Å²) in [5.74, 6) is -0.102. The number of Topliss-reactive ketones (excluding diaryl/α,β-unsaturated/α-hetero) is 1. The molecule has 0 atom stereocenters. The molecule has 3 aromatic rings. The Kier molecular flexibility index (Phi) is 5.99. The molecule has 150 valence electrons. The van der Waals surface area contributed by atoms with E-state index in [0.717, 1.165) is 43.1 Å². The van der Waals surface area contributed by atoms with E-state index in [1.54, 1.807) is 29.2 Å². The molecule has 0 radical (unpaired) electrons. The molecule has 0 aliphatic carbocycles. The van der Waals surface area contributed by atoms with E-state index in [-0.39, 0.29) is 11.7 Å². The number of carbonyl (C=O) groups is 2. The molecule has 1 N–H and O–H groups in total. The largest absolute Gasteiger partial charge is 0.370 e. The number of thiazole rings is 1. The Balaban J connectivity index is 1.60. The maximum Gasteiger partial charge on any atom is 0.260 e. The van der Waals surface area contributed by atoms with E-state index >= 15 is 0 Å². The van der Waals surface area contributed by atoms with Gasteiger partial charge in [-0.15, -0.1) is 0 Å². The number of amides is 1. The number of quaternary nitrogens is 1. The molecule has 4 rings (SSSR count). The van der Waals surface area contributed by atoms with Crippen molar-refractivity contribution in [2.75, 3.05) is 44.3 Å². The summed E-state index contributed by atoms with van der Waals surface area (Å²) in [6.07, 6.45) is 0. The third kappa shape index (κ3) is 4.53. The van der Waals surface area contributed by atoms with Crippen LogP contribution in [0, 0.1) is 0 Å². The summed E-state index contributed by atoms with van der Waals surface area (Å²) in [6.45, 7) is 6.38. The van der Waals surface area contributed by atoms with Crippen LogP contribution in [0.3, 0.4) is 0 Å². The number of ether oxygens (including phenoxy) is 1. The number of para-hydroxylation sites is 1. The SMILES string of the molecule is CC(=O)c1ccc(C(=O)N(CC[NH+]2CCOCC2)c2nc3ccccc3s2)cc1. The summed E-state index contributed by atoms with van der Waals surface area (Å²) in [5, 5.41) is 0.708. The lowest BCUT2D eigenvalue weighted by atomic mass is 10.1. The van der Waals surface area contributed by atoms with Crippen molar-refractivity contribution in [3.05, 3.63) is 59.7 Å². The Bertz CT molecular complexity index is 977. The molecule has 2 heterocycles. The number of nitrogens with zero attached hydrogens (tertiary/aromatic N) is 2. The van der Waals surface area contributed by atoms with Gasteiger partial charge in [-0.25, -0.2) is 4.98 Å². The number of aromatic nitrogens is 1. The Hall–Kier alpha value is -2.61. The van der Waals surface area contributed by atoms with Crippen LogP contribution in [0.25, 0.3) is 10.2 Å². The molecular weight excluding hydrogens is 386 g/mol. The Morgan fingerprint density at radius 2 is 1.76 bits per heavy atom. The first-order valence-electron chi connectivity index (χ1n) is 9.81. The highest BCUT2D eigenvalue weighted by atomic mass is 32.1. The Morgan fingerprint density at radius 3 is 2.45 bits per heavy atom. The number of hydrogen-bond acceptors (Lipinski definition) is 5. The van der Waals surface area contributed by atoms with Crippen molar-refractivity contribution in [3.8, 4) is 0 Å². The molecule has 0 bridgehead atoms. The van der Waals surface area contributed by atoms with E-state index in [9.17, 15) is 9.59 Å². The highest BCUT2D eigenvalue weighted by molar-refractivity contribution is 7.22. The van der Waals surface area contributed by atoms with Crippen LogP contribution >= 0.6 is 11.3 Å². The standard InChI is InChI=1S/C22H23N3O3S/c1-16(26)17-6-8-18(9-7-17)21(27)25(11-10-24-12-14-28-15-13-24)22-23-19-4-2-3-5-20(19)29-22/h2-9H,10-15H2,1H3/p+1. The van der Waals surface area contributed by atoms with Crippen molar-refractivity contribution in [2.45, 2.75) is 6.92 Å². The molecule has 6 nitrogen and oxygen atoms in total. The summed E-state index contributed by atoms with van der Waals surface area (Å²) in [5.41, 5.74) is 2.06. The fourth-order valence-corrected chi connectivity index (χ4v) is 4.43. The molecule has 0 unspecified atom stereocenters. The van der Waals surface area contributed by atoms with Crippen molar-refractivity contribution >= 4 is 38.4 Å². The predicted octanol–water partition coefficient (Wildman–Crippen LogP) is 2.06. The normalized spacial score (nSPS) is 14.8. The maximum absolute atomic E-state index is 13.3. The van der Waals surface area contributed by atoms with Crippen molar-refractivity contribution < 1.29 is 19.2 Å². The number of fused-ring (bicyclic) bond motifs is 1. The van der Waals surface area contributed by atoms with Gasteiger partial charge in [0.05, 0.1) is 36.5 Å². The lowest BCUT2D eigenvalue weighted by Gasteiger charge is -2.27. The third-order valence-electron chi connectivity index (χ3n) is 5.19.